The molecule has 44 heavy (non-hydrogen) atoms. The van der Waals surface area contributed by atoms with Crippen molar-refractivity contribution < 1.29 is 37.9 Å². The Morgan fingerprint density at radius 3 is 1.66 bits per heavy atom. The fourth-order valence-electron chi connectivity index (χ4n) is 3.63. The van der Waals surface area contributed by atoms with E-state index in [-0.39, 0.29) is 45.2 Å². The predicted octanol–water partition coefficient (Wildman–Crippen LogP) is 8.27. The fourth-order valence-corrected chi connectivity index (χ4v) is 4.56. The molecule has 2 aliphatic carbocycles. The lowest BCUT2D eigenvalue weighted by Crippen LogP contribution is -2.32. The molecule has 8 nitrogen and oxygen atoms in total. The number of carbonyl (C=O) groups is 2. The molecule has 2 aliphatic rings. The normalized spacial score (nSPS) is 14.3. The number of nitrogens with one attached hydrogen (secondary N) is 2. The molecular weight excluding hydrogens is 684 g/mol. The van der Waals surface area contributed by atoms with E-state index in [2.05, 4.69) is 26.6 Å². The number of alkyl carbamates (subject to hydrolysis) is 2. The summed E-state index contributed by atoms with van der Waals surface area (Å²) in [6, 6.07) is 6.35. The van der Waals surface area contributed by atoms with Gasteiger partial charge in [0.2, 0.25) is 0 Å². The van der Waals surface area contributed by atoms with E-state index in [1.807, 2.05) is 0 Å². The van der Waals surface area contributed by atoms with Gasteiger partial charge in [0, 0.05) is 13.1 Å². The molecule has 4 rings (SSSR count). The van der Waals surface area contributed by atoms with Gasteiger partial charge in [0.1, 0.15) is 17.0 Å². The molecule has 0 spiro atoms. The molecule has 0 atom stereocenters. The molecule has 0 saturated heterocycles. The van der Waals surface area contributed by atoms with Gasteiger partial charge in [-0.15, -0.1) is 0 Å². The molecule has 244 valence electrons. The molecule has 14 heteroatoms. The SMILES string of the molecule is CC(C)(C)OC(=O)NCc1ccc(Cl)c(F)c1Br.CC(C)(C)OC(=O)NCc1ccc(Cl)c(F)c1C1CC1.OB(O)C1CC1. The Labute approximate surface area is 276 Å². The lowest BCUT2D eigenvalue weighted by molar-refractivity contribution is 0.0512. The number of rotatable bonds is 6. The van der Waals surface area contributed by atoms with Crippen molar-refractivity contribution in [2.24, 2.45) is 0 Å². The first-order valence-electron chi connectivity index (χ1n) is 14.2. The number of carbonyl (C=O) groups excluding carboxylic acids is 2. The van der Waals surface area contributed by atoms with E-state index in [1.165, 1.54) is 12.1 Å². The summed E-state index contributed by atoms with van der Waals surface area (Å²) in [5, 5.41) is 21.9. The first-order valence-corrected chi connectivity index (χ1v) is 15.7. The molecule has 0 unspecified atom stereocenters. The van der Waals surface area contributed by atoms with Gasteiger partial charge in [-0.2, -0.15) is 0 Å². The van der Waals surface area contributed by atoms with Crippen LogP contribution in [0.4, 0.5) is 18.4 Å². The number of hydrogen-bond acceptors (Lipinski definition) is 6. The van der Waals surface area contributed by atoms with Crippen LogP contribution < -0.4 is 10.6 Å². The predicted molar refractivity (Wildman–Crippen MR) is 172 cm³/mol. The highest BCUT2D eigenvalue weighted by Gasteiger charge is 2.33. The van der Waals surface area contributed by atoms with Gasteiger partial charge >= 0.3 is 19.3 Å². The summed E-state index contributed by atoms with van der Waals surface area (Å²) in [6.07, 6.45) is 2.88. The molecule has 0 heterocycles. The van der Waals surface area contributed by atoms with Crippen molar-refractivity contribution in [3.05, 3.63) is 67.1 Å². The average Bonchev–Trinajstić information content (AvgIpc) is 3.79. The Kier molecular flexibility index (Phi) is 14.2. The van der Waals surface area contributed by atoms with E-state index >= 15 is 0 Å². The summed E-state index contributed by atoms with van der Waals surface area (Å²) < 4.78 is 38.0. The van der Waals surface area contributed by atoms with E-state index in [0.717, 1.165) is 31.2 Å². The maximum absolute atomic E-state index is 14.1. The summed E-state index contributed by atoms with van der Waals surface area (Å²) >= 11 is 14.5. The Morgan fingerprint density at radius 2 is 1.27 bits per heavy atom. The molecule has 2 aromatic carbocycles. The van der Waals surface area contributed by atoms with Crippen LogP contribution in [0.25, 0.3) is 0 Å². The number of ether oxygens (including phenoxy) is 2. The molecule has 4 N–H and O–H groups in total. The van der Waals surface area contributed by atoms with Crippen molar-refractivity contribution in [3.63, 3.8) is 0 Å². The maximum Gasteiger partial charge on any atom is 0.454 e. The minimum atomic E-state index is -1.04. The van der Waals surface area contributed by atoms with Crippen molar-refractivity contribution in [2.75, 3.05) is 0 Å². The van der Waals surface area contributed by atoms with Crippen LogP contribution >= 0.6 is 39.1 Å². The van der Waals surface area contributed by atoms with Crippen molar-refractivity contribution in [3.8, 4) is 0 Å². The zero-order valence-electron chi connectivity index (χ0n) is 25.7. The van der Waals surface area contributed by atoms with Gasteiger partial charge < -0.3 is 30.2 Å². The first-order chi connectivity index (χ1) is 20.3. The molecule has 0 aliphatic heterocycles. The van der Waals surface area contributed by atoms with Crippen LogP contribution in [0, 0.1) is 11.6 Å². The van der Waals surface area contributed by atoms with Gasteiger partial charge in [0.05, 0.1) is 14.5 Å². The van der Waals surface area contributed by atoms with Gasteiger partial charge in [-0.3, -0.25) is 0 Å². The summed E-state index contributed by atoms with van der Waals surface area (Å²) in [6.45, 7) is 11.1. The van der Waals surface area contributed by atoms with Crippen molar-refractivity contribution in [1.29, 1.82) is 0 Å². The van der Waals surface area contributed by atoms with E-state index in [0.29, 0.717) is 11.1 Å². The van der Waals surface area contributed by atoms with E-state index < -0.39 is 36.3 Å². The van der Waals surface area contributed by atoms with Gasteiger partial charge in [-0.1, -0.05) is 48.2 Å². The van der Waals surface area contributed by atoms with Crippen LogP contribution in [0.1, 0.15) is 89.8 Å². The first kappa shape index (κ1) is 38.1. The van der Waals surface area contributed by atoms with E-state index in [1.54, 1.807) is 53.7 Å². The fraction of sp³-hybridized carbons (Fsp3) is 0.533. The second-order valence-electron chi connectivity index (χ2n) is 12.5. The molecule has 2 saturated carbocycles. The summed E-state index contributed by atoms with van der Waals surface area (Å²) in [4.78, 5) is 23.1. The van der Waals surface area contributed by atoms with Crippen molar-refractivity contribution in [1.82, 2.24) is 10.6 Å². The van der Waals surface area contributed by atoms with Crippen LogP contribution in [-0.4, -0.2) is 40.6 Å². The molecule has 0 bridgehead atoms. The third kappa shape index (κ3) is 13.9. The third-order valence-electron chi connectivity index (χ3n) is 6.01. The molecule has 0 aromatic heterocycles. The van der Waals surface area contributed by atoms with Crippen LogP contribution in [-0.2, 0) is 22.6 Å². The zero-order chi connectivity index (χ0) is 33.4. The Morgan fingerprint density at radius 1 is 0.841 bits per heavy atom. The van der Waals surface area contributed by atoms with Crippen LogP contribution in [0.3, 0.4) is 0 Å². The quantitative estimate of drug-likeness (QED) is 0.176. The van der Waals surface area contributed by atoms with Crippen molar-refractivity contribution in [2.45, 2.75) is 103 Å². The lowest BCUT2D eigenvalue weighted by atomic mass is 9.84. The molecular formula is C30H40BBrCl2F2N2O6. The highest BCUT2D eigenvalue weighted by atomic mass is 79.9. The minimum Gasteiger partial charge on any atom is -0.444 e. The molecule has 2 aromatic rings. The van der Waals surface area contributed by atoms with Gasteiger partial charge in [-0.05, 0) is 111 Å². The van der Waals surface area contributed by atoms with Crippen LogP contribution in [0.15, 0.2) is 28.7 Å². The second-order valence-corrected chi connectivity index (χ2v) is 14.1. The average molecular weight is 724 g/mol. The highest BCUT2D eigenvalue weighted by Crippen LogP contribution is 2.44. The zero-order valence-corrected chi connectivity index (χ0v) is 28.8. The van der Waals surface area contributed by atoms with E-state index in [4.69, 9.17) is 42.7 Å². The molecule has 2 fully saturated rings. The number of hydrogen-bond donors (Lipinski definition) is 4. The summed E-state index contributed by atoms with van der Waals surface area (Å²) in [7, 11) is -1.04. The highest BCUT2D eigenvalue weighted by molar-refractivity contribution is 9.10. The smallest absolute Gasteiger partial charge is 0.444 e. The molecule has 2 amide bonds. The second kappa shape index (κ2) is 16.4. The minimum absolute atomic E-state index is 0.0305. The van der Waals surface area contributed by atoms with Crippen LogP contribution in [0.5, 0.6) is 0 Å². The number of benzene rings is 2. The summed E-state index contributed by atoms with van der Waals surface area (Å²) in [5.41, 5.74) is 0.873. The van der Waals surface area contributed by atoms with Crippen LogP contribution in [0.2, 0.25) is 15.9 Å². The van der Waals surface area contributed by atoms with Crippen molar-refractivity contribution >= 4 is 58.4 Å². The van der Waals surface area contributed by atoms with Gasteiger partial charge in [-0.25, -0.2) is 18.4 Å². The summed E-state index contributed by atoms with van der Waals surface area (Å²) in [5.74, 6) is -0.466. The van der Waals surface area contributed by atoms with E-state index in [9.17, 15) is 18.4 Å². The number of halogens is 5. The number of amides is 2. The third-order valence-corrected chi connectivity index (χ3v) is 7.45. The van der Waals surface area contributed by atoms with Gasteiger partial charge in [0.15, 0.2) is 5.82 Å². The Hall–Kier alpha value is -2.12. The Bertz CT molecular complexity index is 1300. The largest absolute Gasteiger partial charge is 0.454 e. The maximum atomic E-state index is 14.1. The standard InChI is InChI=1S/C15H19ClFNO2.C12H14BrClFNO2.C3H7BO2/c1-15(2,3)20-14(19)18-8-10-6-7-11(16)13(17)12(10)9-4-5-9;1-12(2,3)18-11(17)16-6-7-4-5-8(14)10(15)9(7)13;5-4(6)3-1-2-3/h6-7,9H,4-5,8H2,1-3H3,(H,18,19);4-5H,6H2,1-3H3,(H,16,17);3,5-6H,1-2H2. The molecule has 0 radical (unpaired) electrons. The lowest BCUT2D eigenvalue weighted by Gasteiger charge is -2.20. The topological polar surface area (TPSA) is 117 Å². The van der Waals surface area contributed by atoms with Gasteiger partial charge in [0.25, 0.3) is 0 Å². The Balaban J connectivity index is 0.000000259. The monoisotopic (exact) mass is 722 g/mol.